The monoisotopic (exact) mass is 368 g/mol. The van der Waals surface area contributed by atoms with Crippen molar-refractivity contribution < 1.29 is 27.1 Å². The number of rotatable bonds is 4. The highest BCUT2D eigenvalue weighted by Crippen LogP contribution is 2.29. The number of ether oxygens (including phenoxy) is 1. The molecule has 3 heterocycles. The van der Waals surface area contributed by atoms with Crippen LogP contribution in [0.2, 0.25) is 0 Å². The highest BCUT2D eigenvalue weighted by molar-refractivity contribution is 5.95. The number of aryl methyl sites for hydroxylation is 2. The van der Waals surface area contributed by atoms with E-state index in [1.54, 1.807) is 24.8 Å². The average Bonchev–Trinajstić information content (AvgIpc) is 3.18. The lowest BCUT2D eigenvalue weighted by atomic mass is 10.1. The van der Waals surface area contributed by atoms with E-state index in [0.29, 0.717) is 30.2 Å². The van der Waals surface area contributed by atoms with Crippen molar-refractivity contribution in [1.29, 1.82) is 0 Å². The molecule has 5 nitrogen and oxygen atoms in total. The Bertz CT molecular complexity index is 801. The Labute approximate surface area is 148 Å². The molecule has 0 saturated carbocycles. The maximum atomic E-state index is 12.7. The van der Waals surface area contributed by atoms with Gasteiger partial charge < -0.3 is 14.1 Å². The molecule has 0 radical (unpaired) electrons. The van der Waals surface area contributed by atoms with Crippen LogP contribution in [-0.2, 0) is 6.18 Å². The van der Waals surface area contributed by atoms with Crippen molar-refractivity contribution >= 4 is 5.91 Å². The summed E-state index contributed by atoms with van der Waals surface area (Å²) in [5.41, 5.74) is -0.437. The summed E-state index contributed by atoms with van der Waals surface area (Å²) < 4.78 is 48.8. The molecule has 0 aliphatic carbocycles. The molecule has 1 atom stereocenters. The molecule has 1 amide bonds. The lowest BCUT2D eigenvalue weighted by Crippen LogP contribution is -2.29. The maximum Gasteiger partial charge on any atom is 0.433 e. The summed E-state index contributed by atoms with van der Waals surface area (Å²) in [5, 5.41) is 0. The molecule has 1 saturated heterocycles. The quantitative estimate of drug-likeness (QED) is 0.823. The highest BCUT2D eigenvalue weighted by Gasteiger charge is 2.33. The summed E-state index contributed by atoms with van der Waals surface area (Å²) in [5.74, 6) is 1.15. The third kappa shape index (κ3) is 4.00. The number of hydrogen-bond donors (Lipinski definition) is 0. The van der Waals surface area contributed by atoms with Crippen LogP contribution in [0.3, 0.4) is 0 Å². The molecule has 1 aliphatic rings. The van der Waals surface area contributed by atoms with E-state index in [1.165, 1.54) is 12.1 Å². The van der Waals surface area contributed by atoms with Crippen molar-refractivity contribution in [1.82, 2.24) is 9.88 Å². The molecular weight excluding hydrogens is 349 g/mol. The van der Waals surface area contributed by atoms with E-state index >= 15 is 0 Å². The number of carbonyl (C=O) groups excluding carboxylic acids is 1. The lowest BCUT2D eigenvalue weighted by Gasteiger charge is -2.16. The fraction of sp³-hybridized carbons (Fsp3) is 0.444. The maximum absolute atomic E-state index is 12.7. The van der Waals surface area contributed by atoms with Crippen molar-refractivity contribution in [3.05, 3.63) is 47.0 Å². The second-order valence-electron chi connectivity index (χ2n) is 6.40. The highest BCUT2D eigenvalue weighted by atomic mass is 19.4. The summed E-state index contributed by atoms with van der Waals surface area (Å²) >= 11 is 0. The zero-order valence-corrected chi connectivity index (χ0v) is 14.5. The number of pyridine rings is 1. The zero-order valence-electron chi connectivity index (χ0n) is 14.5. The average molecular weight is 368 g/mol. The van der Waals surface area contributed by atoms with E-state index < -0.39 is 11.9 Å². The summed E-state index contributed by atoms with van der Waals surface area (Å²) in [6.45, 7) is 4.80. The SMILES string of the molecule is Cc1cc(C(=O)N2CCC(COc3cccc(C(F)(F)F)n3)C2)c(C)o1. The first-order chi connectivity index (χ1) is 12.2. The Morgan fingerprint density at radius 3 is 2.81 bits per heavy atom. The standard InChI is InChI=1S/C18H19F3N2O3/c1-11-8-14(12(2)26-11)17(24)23-7-6-13(9-23)10-25-16-5-3-4-15(22-16)18(19,20)21/h3-5,8,13H,6-7,9-10H2,1-2H3. The minimum absolute atomic E-state index is 0.0450. The molecule has 1 fully saturated rings. The van der Waals surface area contributed by atoms with E-state index in [-0.39, 0.29) is 24.3 Å². The van der Waals surface area contributed by atoms with Gasteiger partial charge in [0.25, 0.3) is 5.91 Å². The predicted molar refractivity (Wildman–Crippen MR) is 86.9 cm³/mol. The normalized spacial score (nSPS) is 17.6. The fourth-order valence-electron chi connectivity index (χ4n) is 3.02. The molecule has 2 aromatic rings. The Kier molecular flexibility index (Phi) is 4.93. The first kappa shape index (κ1) is 18.3. The van der Waals surface area contributed by atoms with Gasteiger partial charge in [-0.3, -0.25) is 4.79 Å². The number of aromatic nitrogens is 1. The number of carbonyl (C=O) groups is 1. The van der Waals surface area contributed by atoms with Gasteiger partial charge in [-0.25, -0.2) is 4.98 Å². The van der Waals surface area contributed by atoms with Gasteiger partial charge in [-0.05, 0) is 32.4 Å². The van der Waals surface area contributed by atoms with E-state index in [1.807, 2.05) is 0 Å². The van der Waals surface area contributed by atoms with Gasteiger partial charge >= 0.3 is 6.18 Å². The van der Waals surface area contributed by atoms with Crippen molar-refractivity contribution in [2.24, 2.45) is 5.92 Å². The number of furan rings is 1. The summed E-state index contributed by atoms with van der Waals surface area (Å²) in [6.07, 6.45) is -3.78. The van der Waals surface area contributed by atoms with Gasteiger partial charge in [0.05, 0.1) is 12.2 Å². The third-order valence-corrected chi connectivity index (χ3v) is 4.33. The van der Waals surface area contributed by atoms with Crippen molar-refractivity contribution in [3.8, 4) is 5.88 Å². The minimum Gasteiger partial charge on any atom is -0.477 e. The number of halogens is 3. The van der Waals surface area contributed by atoms with Crippen molar-refractivity contribution in [2.75, 3.05) is 19.7 Å². The van der Waals surface area contributed by atoms with Crippen LogP contribution in [0.4, 0.5) is 13.2 Å². The molecule has 3 rings (SSSR count). The van der Waals surface area contributed by atoms with Crippen molar-refractivity contribution in [3.63, 3.8) is 0 Å². The summed E-state index contributed by atoms with van der Waals surface area (Å²) in [7, 11) is 0. The molecule has 0 N–H and O–H groups in total. The Hall–Kier alpha value is -2.51. The van der Waals surface area contributed by atoms with Crippen LogP contribution in [0.5, 0.6) is 5.88 Å². The van der Waals surface area contributed by atoms with Crippen LogP contribution < -0.4 is 4.74 Å². The molecule has 0 spiro atoms. The number of amides is 1. The molecule has 1 aliphatic heterocycles. The molecule has 8 heteroatoms. The summed E-state index contributed by atoms with van der Waals surface area (Å²) in [4.78, 5) is 17.7. The largest absolute Gasteiger partial charge is 0.477 e. The second kappa shape index (κ2) is 7.01. The first-order valence-electron chi connectivity index (χ1n) is 8.27. The molecule has 0 bridgehead atoms. The Morgan fingerprint density at radius 2 is 2.15 bits per heavy atom. The molecular formula is C18H19F3N2O3. The molecule has 2 aromatic heterocycles. The predicted octanol–water partition coefficient (Wildman–Crippen LogP) is 3.85. The van der Waals surface area contributed by atoms with Crippen LogP contribution in [0.1, 0.15) is 34.0 Å². The fourth-order valence-corrected chi connectivity index (χ4v) is 3.02. The molecule has 26 heavy (non-hydrogen) atoms. The second-order valence-corrected chi connectivity index (χ2v) is 6.40. The topological polar surface area (TPSA) is 55.6 Å². The molecule has 1 unspecified atom stereocenters. The number of alkyl halides is 3. The Balaban J connectivity index is 1.57. The lowest BCUT2D eigenvalue weighted by molar-refractivity contribution is -0.141. The molecule has 140 valence electrons. The third-order valence-electron chi connectivity index (χ3n) is 4.33. The number of hydrogen-bond acceptors (Lipinski definition) is 4. The van der Waals surface area contributed by atoms with E-state index in [2.05, 4.69) is 4.98 Å². The Morgan fingerprint density at radius 1 is 1.38 bits per heavy atom. The minimum atomic E-state index is -4.50. The van der Waals surface area contributed by atoms with Crippen LogP contribution in [0, 0.1) is 19.8 Å². The van der Waals surface area contributed by atoms with Gasteiger partial charge in [-0.2, -0.15) is 13.2 Å². The smallest absolute Gasteiger partial charge is 0.433 e. The van der Waals surface area contributed by atoms with Crippen LogP contribution >= 0.6 is 0 Å². The van der Waals surface area contributed by atoms with Gasteiger partial charge in [0.1, 0.15) is 17.2 Å². The first-order valence-corrected chi connectivity index (χ1v) is 8.27. The van der Waals surface area contributed by atoms with Gasteiger partial charge in [-0.15, -0.1) is 0 Å². The van der Waals surface area contributed by atoms with Crippen LogP contribution in [-0.4, -0.2) is 35.5 Å². The van der Waals surface area contributed by atoms with Crippen LogP contribution in [0.15, 0.2) is 28.7 Å². The number of likely N-dealkylation sites (tertiary alicyclic amines) is 1. The number of nitrogens with zero attached hydrogens (tertiary/aromatic N) is 2. The van der Waals surface area contributed by atoms with Crippen molar-refractivity contribution in [2.45, 2.75) is 26.4 Å². The van der Waals surface area contributed by atoms with Gasteiger partial charge in [0.2, 0.25) is 5.88 Å². The van der Waals surface area contributed by atoms with Gasteiger partial charge in [-0.1, -0.05) is 6.07 Å². The van der Waals surface area contributed by atoms with Gasteiger partial charge in [0, 0.05) is 25.1 Å². The van der Waals surface area contributed by atoms with E-state index in [4.69, 9.17) is 9.15 Å². The van der Waals surface area contributed by atoms with Gasteiger partial charge in [0.15, 0.2) is 0 Å². The van der Waals surface area contributed by atoms with Crippen LogP contribution in [0.25, 0.3) is 0 Å². The van der Waals surface area contributed by atoms with E-state index in [9.17, 15) is 18.0 Å². The zero-order chi connectivity index (χ0) is 18.9. The summed E-state index contributed by atoms with van der Waals surface area (Å²) in [6, 6.07) is 5.27. The molecule has 0 aromatic carbocycles. The van der Waals surface area contributed by atoms with E-state index in [0.717, 1.165) is 12.5 Å².